The van der Waals surface area contributed by atoms with E-state index in [1.54, 1.807) is 12.4 Å². The molecule has 15 heavy (non-hydrogen) atoms. The number of carboxylic acids is 1. The predicted octanol–water partition coefficient (Wildman–Crippen LogP) is 1.51. The molecule has 0 aliphatic heterocycles. The summed E-state index contributed by atoms with van der Waals surface area (Å²) in [5, 5.41) is 8.38. The van der Waals surface area contributed by atoms with Gasteiger partial charge in [-0.15, -0.1) is 0 Å². The van der Waals surface area contributed by atoms with Crippen molar-refractivity contribution in [3.63, 3.8) is 0 Å². The third-order valence-corrected chi connectivity index (χ3v) is 1.94. The van der Waals surface area contributed by atoms with E-state index in [0.717, 1.165) is 12.0 Å². The fourth-order valence-corrected chi connectivity index (χ4v) is 1.16. The van der Waals surface area contributed by atoms with E-state index in [2.05, 4.69) is 4.98 Å². The molecular formula is C11H15NO3. The molecule has 0 spiro atoms. The van der Waals surface area contributed by atoms with Crippen LogP contribution in [0.4, 0.5) is 0 Å². The van der Waals surface area contributed by atoms with Crippen molar-refractivity contribution in [3.05, 3.63) is 30.1 Å². The van der Waals surface area contributed by atoms with Crippen LogP contribution in [0.15, 0.2) is 24.5 Å². The van der Waals surface area contributed by atoms with Crippen LogP contribution in [0.2, 0.25) is 0 Å². The van der Waals surface area contributed by atoms with E-state index in [9.17, 15) is 4.79 Å². The fraction of sp³-hybridized carbons (Fsp3) is 0.455. The molecule has 0 aromatic carbocycles. The van der Waals surface area contributed by atoms with Gasteiger partial charge >= 0.3 is 5.97 Å². The Balaban J connectivity index is 2.00. The Morgan fingerprint density at radius 2 is 2.33 bits per heavy atom. The van der Waals surface area contributed by atoms with E-state index in [4.69, 9.17) is 9.84 Å². The summed E-state index contributed by atoms with van der Waals surface area (Å²) in [5.74, 6) is -0.772. The van der Waals surface area contributed by atoms with Crippen molar-refractivity contribution in [3.8, 4) is 0 Å². The maximum absolute atomic E-state index is 10.2. The lowest BCUT2D eigenvalue weighted by Crippen LogP contribution is -2.03. The van der Waals surface area contributed by atoms with Crippen LogP contribution in [-0.4, -0.2) is 29.3 Å². The molecule has 4 nitrogen and oxygen atoms in total. The highest BCUT2D eigenvalue weighted by molar-refractivity contribution is 5.66. The molecule has 82 valence electrons. The molecule has 0 amide bonds. The maximum atomic E-state index is 10.2. The molecule has 0 aliphatic rings. The van der Waals surface area contributed by atoms with Crippen LogP contribution in [0, 0.1) is 0 Å². The molecule has 1 N–H and O–H groups in total. The summed E-state index contributed by atoms with van der Waals surface area (Å²) < 4.78 is 5.30. The molecule has 0 unspecified atom stereocenters. The molecule has 0 radical (unpaired) electrons. The molecule has 0 aliphatic carbocycles. The molecule has 0 saturated carbocycles. The Labute approximate surface area is 88.9 Å². The van der Waals surface area contributed by atoms with E-state index in [0.29, 0.717) is 19.6 Å². The number of hydrogen-bond donors (Lipinski definition) is 1. The Morgan fingerprint density at radius 1 is 1.47 bits per heavy atom. The minimum atomic E-state index is -0.772. The zero-order chi connectivity index (χ0) is 10.9. The summed E-state index contributed by atoms with van der Waals surface area (Å²) in [6, 6.07) is 3.88. The second kappa shape index (κ2) is 6.95. The van der Waals surface area contributed by atoms with Crippen LogP contribution in [-0.2, 0) is 16.0 Å². The lowest BCUT2D eigenvalue weighted by Gasteiger charge is -2.02. The van der Waals surface area contributed by atoms with Crippen molar-refractivity contribution in [2.75, 3.05) is 13.2 Å². The number of aliphatic carboxylic acids is 1. The number of nitrogens with zero attached hydrogens (tertiary/aromatic N) is 1. The van der Waals surface area contributed by atoms with Crippen LogP contribution in [0.3, 0.4) is 0 Å². The topological polar surface area (TPSA) is 59.4 Å². The maximum Gasteiger partial charge on any atom is 0.303 e. The highest BCUT2D eigenvalue weighted by Gasteiger charge is 1.96. The van der Waals surface area contributed by atoms with Gasteiger partial charge in [-0.1, -0.05) is 6.07 Å². The van der Waals surface area contributed by atoms with E-state index in [-0.39, 0.29) is 6.42 Å². The Kier molecular flexibility index (Phi) is 5.40. The van der Waals surface area contributed by atoms with Gasteiger partial charge in [0, 0.05) is 25.4 Å². The molecule has 1 heterocycles. The molecule has 1 aromatic rings. The summed E-state index contributed by atoms with van der Waals surface area (Å²) in [7, 11) is 0. The highest BCUT2D eigenvalue weighted by Crippen LogP contribution is 1.98. The van der Waals surface area contributed by atoms with Crippen molar-refractivity contribution in [2.24, 2.45) is 0 Å². The second-order valence-corrected chi connectivity index (χ2v) is 3.22. The van der Waals surface area contributed by atoms with Gasteiger partial charge in [-0.2, -0.15) is 0 Å². The number of aromatic nitrogens is 1. The summed E-state index contributed by atoms with van der Waals surface area (Å²) in [4.78, 5) is 14.2. The quantitative estimate of drug-likeness (QED) is 0.691. The van der Waals surface area contributed by atoms with Gasteiger partial charge in [0.1, 0.15) is 0 Å². The third-order valence-electron chi connectivity index (χ3n) is 1.94. The monoisotopic (exact) mass is 209 g/mol. The van der Waals surface area contributed by atoms with Gasteiger partial charge in [-0.05, 0) is 24.5 Å². The van der Waals surface area contributed by atoms with E-state index in [1.807, 2.05) is 12.1 Å². The van der Waals surface area contributed by atoms with E-state index in [1.165, 1.54) is 0 Å². The third kappa shape index (κ3) is 5.80. The second-order valence-electron chi connectivity index (χ2n) is 3.22. The van der Waals surface area contributed by atoms with Gasteiger partial charge in [-0.3, -0.25) is 9.78 Å². The van der Waals surface area contributed by atoms with Gasteiger partial charge < -0.3 is 9.84 Å². The number of rotatable bonds is 7. The van der Waals surface area contributed by atoms with Crippen molar-refractivity contribution in [2.45, 2.75) is 19.3 Å². The van der Waals surface area contributed by atoms with Gasteiger partial charge in [-0.25, -0.2) is 0 Å². The molecule has 4 heteroatoms. The minimum Gasteiger partial charge on any atom is -0.481 e. The van der Waals surface area contributed by atoms with Crippen LogP contribution in [0.25, 0.3) is 0 Å². The molecule has 1 rings (SSSR count). The van der Waals surface area contributed by atoms with Gasteiger partial charge in [0.2, 0.25) is 0 Å². The molecule has 0 saturated heterocycles. The number of pyridine rings is 1. The normalized spacial score (nSPS) is 10.1. The zero-order valence-corrected chi connectivity index (χ0v) is 8.56. The summed E-state index contributed by atoms with van der Waals surface area (Å²) in [5.41, 5.74) is 1.13. The number of ether oxygens (including phenoxy) is 1. The zero-order valence-electron chi connectivity index (χ0n) is 8.56. The molecule has 0 bridgehead atoms. The number of hydrogen-bond acceptors (Lipinski definition) is 3. The first-order chi connectivity index (χ1) is 7.29. The average molecular weight is 209 g/mol. The van der Waals surface area contributed by atoms with Gasteiger partial charge in [0.05, 0.1) is 6.61 Å². The molecule has 0 atom stereocenters. The molecular weight excluding hydrogens is 194 g/mol. The molecule has 1 aromatic heterocycles. The fourth-order valence-electron chi connectivity index (χ4n) is 1.16. The van der Waals surface area contributed by atoms with Crippen LogP contribution >= 0.6 is 0 Å². The predicted molar refractivity (Wildman–Crippen MR) is 55.6 cm³/mol. The van der Waals surface area contributed by atoms with Crippen molar-refractivity contribution in [1.29, 1.82) is 0 Å². The van der Waals surface area contributed by atoms with E-state index >= 15 is 0 Å². The Morgan fingerprint density at radius 3 is 3.00 bits per heavy atom. The Bertz CT molecular complexity index is 287. The first kappa shape index (κ1) is 11.7. The van der Waals surface area contributed by atoms with Crippen LogP contribution < -0.4 is 0 Å². The van der Waals surface area contributed by atoms with Crippen LogP contribution in [0.5, 0.6) is 0 Å². The minimum absolute atomic E-state index is 0.174. The molecule has 0 fully saturated rings. The van der Waals surface area contributed by atoms with Crippen LogP contribution in [0.1, 0.15) is 18.4 Å². The average Bonchev–Trinajstić information content (AvgIpc) is 2.24. The lowest BCUT2D eigenvalue weighted by molar-refractivity contribution is -0.137. The van der Waals surface area contributed by atoms with Gasteiger partial charge in [0.25, 0.3) is 0 Å². The first-order valence-corrected chi connectivity index (χ1v) is 4.97. The van der Waals surface area contributed by atoms with E-state index < -0.39 is 5.97 Å². The van der Waals surface area contributed by atoms with Gasteiger partial charge in [0.15, 0.2) is 0 Å². The lowest BCUT2D eigenvalue weighted by atomic mass is 10.2. The Hall–Kier alpha value is -1.42. The number of carbonyl (C=O) groups is 1. The largest absolute Gasteiger partial charge is 0.481 e. The SMILES string of the molecule is O=C(O)CCCOCCc1cccnc1. The van der Waals surface area contributed by atoms with Crippen molar-refractivity contribution >= 4 is 5.97 Å². The highest BCUT2D eigenvalue weighted by atomic mass is 16.5. The number of carboxylic acid groups (broad SMARTS) is 1. The smallest absolute Gasteiger partial charge is 0.303 e. The van der Waals surface area contributed by atoms with Crippen molar-refractivity contribution in [1.82, 2.24) is 4.98 Å². The standard InChI is InChI=1S/C11H15NO3/c13-11(14)4-2-7-15-8-5-10-3-1-6-12-9-10/h1,3,6,9H,2,4-5,7-8H2,(H,13,14). The summed E-state index contributed by atoms with van der Waals surface area (Å²) >= 11 is 0. The summed E-state index contributed by atoms with van der Waals surface area (Å²) in [6.07, 6.45) is 5.11. The summed E-state index contributed by atoms with van der Waals surface area (Å²) in [6.45, 7) is 1.12. The van der Waals surface area contributed by atoms with Crippen molar-refractivity contribution < 1.29 is 14.6 Å². The first-order valence-electron chi connectivity index (χ1n) is 4.97.